The topological polar surface area (TPSA) is 312 Å². The molecule has 0 amide bonds. The number of phosphoric ester groups is 2. The number of nitrogens with two attached hydrogens (primary N) is 1. The van der Waals surface area contributed by atoms with Crippen molar-refractivity contribution >= 4 is 32.6 Å². The Morgan fingerprint density at radius 1 is 0.921 bits per heavy atom. The molecule has 2 aliphatic heterocycles. The molecule has 214 valence electrons. The number of hydrogen-bond acceptors (Lipinski definition) is 17. The third-order valence-electron chi connectivity index (χ3n) is 5.69. The number of nitrogen functional groups attached to an aromatic ring is 1. The quantitative estimate of drug-likeness (QED) is 0.126. The van der Waals surface area contributed by atoms with Crippen LogP contribution in [-0.4, -0.2) is 122 Å². The molecule has 11 atom stereocenters. The molecule has 20 nitrogen and oxygen atoms in total. The number of anilines is 1. The Hall–Kier alpha value is -1.71. The monoisotopic (exact) mass is 589 g/mol. The molecule has 2 fully saturated rings. The van der Waals surface area contributed by atoms with Crippen molar-refractivity contribution in [3.05, 3.63) is 12.7 Å². The number of aliphatic hydroxyl groups is 6. The maximum Gasteiger partial charge on any atom is 0.483 e. The van der Waals surface area contributed by atoms with E-state index in [2.05, 4.69) is 28.3 Å². The second kappa shape index (κ2) is 11.0. The molecule has 2 aromatic heterocycles. The summed E-state index contributed by atoms with van der Waals surface area (Å²) in [5.41, 5.74) is 6.05. The van der Waals surface area contributed by atoms with Gasteiger partial charge >= 0.3 is 15.6 Å². The molecule has 2 aromatic rings. The van der Waals surface area contributed by atoms with Gasteiger partial charge in [0.2, 0.25) is 0 Å². The molecule has 0 aliphatic carbocycles. The molecule has 0 aromatic carbocycles. The minimum atomic E-state index is -5.56. The third-order valence-corrected chi connectivity index (χ3v) is 8.29. The molecular formula is C16H25N5O15P2. The molecule has 10 N–H and O–H groups in total. The van der Waals surface area contributed by atoms with Gasteiger partial charge in [-0.2, -0.15) is 4.31 Å². The van der Waals surface area contributed by atoms with Crippen molar-refractivity contribution in [3.8, 4) is 0 Å². The van der Waals surface area contributed by atoms with Crippen LogP contribution >= 0.6 is 15.6 Å². The largest absolute Gasteiger partial charge is 0.483 e. The number of phosphoric acid groups is 2. The van der Waals surface area contributed by atoms with Crippen molar-refractivity contribution in [2.24, 2.45) is 0 Å². The zero-order chi connectivity index (χ0) is 28.0. The second-order valence-corrected chi connectivity index (χ2v) is 11.2. The average Bonchev–Trinajstić information content (AvgIpc) is 3.39. The normalized spacial score (nSPS) is 37.2. The first kappa shape index (κ1) is 29.3. The van der Waals surface area contributed by atoms with Gasteiger partial charge in [-0.15, -0.1) is 0 Å². The van der Waals surface area contributed by atoms with Crippen molar-refractivity contribution in [3.63, 3.8) is 0 Å². The number of nitrogens with zero attached hydrogens (tertiary/aromatic N) is 4. The highest BCUT2D eigenvalue weighted by Gasteiger charge is 2.49. The molecule has 2 saturated heterocycles. The van der Waals surface area contributed by atoms with Crippen molar-refractivity contribution in [1.82, 2.24) is 19.5 Å². The molecule has 4 rings (SSSR count). The van der Waals surface area contributed by atoms with Gasteiger partial charge in [0.15, 0.2) is 24.0 Å². The van der Waals surface area contributed by atoms with Crippen molar-refractivity contribution in [1.29, 1.82) is 0 Å². The van der Waals surface area contributed by atoms with E-state index in [1.54, 1.807) is 0 Å². The fourth-order valence-electron chi connectivity index (χ4n) is 3.78. The zero-order valence-corrected chi connectivity index (χ0v) is 20.7. The number of rotatable bonds is 9. The number of aromatic nitrogens is 4. The van der Waals surface area contributed by atoms with Crippen LogP contribution in [0.15, 0.2) is 12.7 Å². The Labute approximate surface area is 212 Å². The summed E-state index contributed by atoms with van der Waals surface area (Å²) in [5, 5.41) is 59.2. The summed E-state index contributed by atoms with van der Waals surface area (Å²) in [4.78, 5) is 31.5. The Morgan fingerprint density at radius 3 is 2.29 bits per heavy atom. The molecule has 0 bridgehead atoms. The molecule has 2 aliphatic rings. The lowest BCUT2D eigenvalue weighted by Crippen LogP contribution is -2.58. The first-order chi connectivity index (χ1) is 17.7. The minimum Gasteiger partial charge on any atom is -0.394 e. The van der Waals surface area contributed by atoms with Crippen LogP contribution in [0.25, 0.3) is 11.2 Å². The number of imidazole rings is 1. The average molecular weight is 589 g/mol. The van der Waals surface area contributed by atoms with Crippen LogP contribution in [0.3, 0.4) is 0 Å². The smallest absolute Gasteiger partial charge is 0.394 e. The van der Waals surface area contributed by atoms with Gasteiger partial charge in [0.05, 0.1) is 19.5 Å². The lowest BCUT2D eigenvalue weighted by atomic mass is 10.00. The summed E-state index contributed by atoms with van der Waals surface area (Å²) in [6, 6.07) is 0. The number of aliphatic hydroxyl groups excluding tert-OH is 6. The van der Waals surface area contributed by atoms with E-state index in [0.29, 0.717) is 0 Å². The number of ether oxygens (including phenoxy) is 2. The van der Waals surface area contributed by atoms with Gasteiger partial charge in [0.1, 0.15) is 54.6 Å². The maximum absolute atomic E-state index is 12.3. The molecule has 0 spiro atoms. The summed E-state index contributed by atoms with van der Waals surface area (Å²) in [6.07, 6.45) is -13.3. The van der Waals surface area contributed by atoms with Crippen LogP contribution in [0.2, 0.25) is 0 Å². The number of fused-ring (bicyclic) bond motifs is 1. The van der Waals surface area contributed by atoms with Crippen LogP contribution in [0, 0.1) is 0 Å². The fourth-order valence-corrected chi connectivity index (χ4v) is 5.94. The van der Waals surface area contributed by atoms with E-state index in [-0.39, 0.29) is 17.0 Å². The molecule has 0 radical (unpaired) electrons. The fraction of sp³-hybridized carbons (Fsp3) is 0.688. The van der Waals surface area contributed by atoms with Gasteiger partial charge in [-0.25, -0.2) is 24.1 Å². The molecule has 0 saturated carbocycles. The Kier molecular flexibility index (Phi) is 8.51. The molecule has 2 unspecified atom stereocenters. The summed E-state index contributed by atoms with van der Waals surface area (Å²) >= 11 is 0. The van der Waals surface area contributed by atoms with E-state index < -0.39 is 84.1 Å². The van der Waals surface area contributed by atoms with E-state index in [0.717, 1.165) is 6.33 Å². The van der Waals surface area contributed by atoms with Gasteiger partial charge in [-0.05, 0) is 0 Å². The van der Waals surface area contributed by atoms with E-state index in [4.69, 9.17) is 20.3 Å². The van der Waals surface area contributed by atoms with Gasteiger partial charge in [0, 0.05) is 0 Å². The van der Waals surface area contributed by atoms with Crippen LogP contribution in [0.5, 0.6) is 0 Å². The first-order valence-corrected chi connectivity index (χ1v) is 13.7. The van der Waals surface area contributed by atoms with Crippen LogP contribution in [0.1, 0.15) is 6.23 Å². The summed E-state index contributed by atoms with van der Waals surface area (Å²) in [5.74, 6) is 0.0411. The zero-order valence-electron chi connectivity index (χ0n) is 19.0. The maximum atomic E-state index is 12.3. The van der Waals surface area contributed by atoms with Gasteiger partial charge < -0.3 is 55.6 Å². The van der Waals surface area contributed by atoms with Crippen LogP contribution in [0.4, 0.5) is 5.82 Å². The molecular weight excluding hydrogens is 564 g/mol. The Bertz CT molecular complexity index is 1230. The van der Waals surface area contributed by atoms with E-state index in [1.165, 1.54) is 10.9 Å². The highest BCUT2D eigenvalue weighted by atomic mass is 31.3. The van der Waals surface area contributed by atoms with E-state index in [9.17, 15) is 44.4 Å². The summed E-state index contributed by atoms with van der Waals surface area (Å²) < 4.78 is 49.3. The third kappa shape index (κ3) is 5.89. The Balaban J connectivity index is 1.38. The highest BCUT2D eigenvalue weighted by Crippen LogP contribution is 2.61. The predicted molar refractivity (Wildman–Crippen MR) is 117 cm³/mol. The predicted octanol–water partition coefficient (Wildman–Crippen LogP) is -3.92. The van der Waals surface area contributed by atoms with Crippen molar-refractivity contribution < 1.29 is 72.4 Å². The standard InChI is InChI=1S/C16H25N5O15P2/c17-13-7-14(19-3-18-13)21(4-20-7)15-11(26)9(24)6(33-15)2-32-37(28,29)36-38(30,31)35-16-12(27)10(25)8(23)5(1-22)34-16/h3-6,8-12,15-16,22-27H,1-2H2,(H,28,29)(H,30,31)(H2,17,18,19)/t5-,6-,8-,9-,10+,11-,12+,15-,16-/m1/s1. The molecule has 38 heavy (non-hydrogen) atoms. The van der Waals surface area contributed by atoms with Crippen LogP contribution < -0.4 is 5.73 Å². The van der Waals surface area contributed by atoms with Crippen molar-refractivity contribution in [2.75, 3.05) is 18.9 Å². The highest BCUT2D eigenvalue weighted by molar-refractivity contribution is 7.61. The minimum absolute atomic E-state index is 0.0411. The number of hydrogen-bond donors (Lipinski definition) is 9. The summed E-state index contributed by atoms with van der Waals surface area (Å²) in [6.45, 7) is -1.82. The summed E-state index contributed by atoms with van der Waals surface area (Å²) in [7, 11) is -11.0. The molecule has 4 heterocycles. The Morgan fingerprint density at radius 2 is 1.61 bits per heavy atom. The van der Waals surface area contributed by atoms with E-state index in [1.807, 2.05) is 0 Å². The van der Waals surface area contributed by atoms with E-state index >= 15 is 0 Å². The van der Waals surface area contributed by atoms with Gasteiger partial charge in [-0.3, -0.25) is 13.6 Å². The lowest BCUT2D eigenvalue weighted by Gasteiger charge is -2.39. The van der Waals surface area contributed by atoms with Gasteiger partial charge in [0.25, 0.3) is 0 Å². The second-order valence-electron chi connectivity index (χ2n) is 8.25. The SMILES string of the molecule is Nc1ncnc2c1ncn2[C@@H]1O[C@H](COP(=O)(O)OP(=O)(O)O[C@H]2O[C@H](CO)[C@@H](O)[C@H](O)[C@@H]2O)[C@@H](O)[C@H]1O. The first-order valence-electron chi connectivity index (χ1n) is 10.7. The lowest BCUT2D eigenvalue weighted by molar-refractivity contribution is -0.280. The van der Waals surface area contributed by atoms with Crippen LogP contribution in [-0.2, 0) is 32.0 Å². The van der Waals surface area contributed by atoms with Gasteiger partial charge in [-0.1, -0.05) is 0 Å². The van der Waals surface area contributed by atoms with Crippen molar-refractivity contribution in [2.45, 2.75) is 55.2 Å². The molecule has 22 heteroatoms.